The number of amides is 1. The van der Waals surface area contributed by atoms with Gasteiger partial charge in [-0.25, -0.2) is 4.98 Å². The van der Waals surface area contributed by atoms with Crippen molar-refractivity contribution in [2.75, 3.05) is 13.1 Å². The summed E-state index contributed by atoms with van der Waals surface area (Å²) >= 11 is 1.62. The smallest absolute Gasteiger partial charge is 0.224 e. The Morgan fingerprint density at radius 2 is 2.38 bits per heavy atom. The van der Waals surface area contributed by atoms with E-state index in [2.05, 4.69) is 15.6 Å². The monoisotopic (exact) mass is 241 g/mol. The van der Waals surface area contributed by atoms with E-state index in [1.807, 2.05) is 27.0 Å². The van der Waals surface area contributed by atoms with Gasteiger partial charge >= 0.3 is 0 Å². The molecule has 0 spiro atoms. The molecule has 0 radical (unpaired) electrons. The highest BCUT2D eigenvalue weighted by atomic mass is 32.1. The first-order chi connectivity index (χ1) is 7.63. The summed E-state index contributed by atoms with van der Waals surface area (Å²) < 4.78 is 0. The number of carbonyl (C=O) groups is 1. The normalized spacial score (nSPS) is 12.4. The molecule has 0 bridgehead atoms. The molecular weight excluding hydrogens is 222 g/mol. The molecular formula is C11H19N3OS. The van der Waals surface area contributed by atoms with E-state index in [-0.39, 0.29) is 11.8 Å². The molecule has 1 aromatic rings. The Bertz CT molecular complexity index is 338. The Balaban J connectivity index is 2.29. The van der Waals surface area contributed by atoms with Gasteiger partial charge in [-0.05, 0) is 13.5 Å². The van der Waals surface area contributed by atoms with E-state index in [0.29, 0.717) is 6.54 Å². The molecule has 2 N–H and O–H groups in total. The average Bonchev–Trinajstić information content (AvgIpc) is 2.68. The van der Waals surface area contributed by atoms with E-state index >= 15 is 0 Å². The average molecular weight is 241 g/mol. The highest BCUT2D eigenvalue weighted by Gasteiger charge is 2.11. The van der Waals surface area contributed by atoms with E-state index in [0.717, 1.165) is 23.0 Å². The number of hydrogen-bond acceptors (Lipinski definition) is 4. The van der Waals surface area contributed by atoms with Gasteiger partial charge in [0.15, 0.2) is 0 Å². The van der Waals surface area contributed by atoms with Gasteiger partial charge in [0, 0.05) is 23.5 Å². The van der Waals surface area contributed by atoms with Gasteiger partial charge in [-0.3, -0.25) is 4.79 Å². The number of aromatic nitrogens is 1. The third-order valence-electron chi connectivity index (χ3n) is 2.25. The van der Waals surface area contributed by atoms with Crippen LogP contribution in [-0.2, 0) is 11.3 Å². The van der Waals surface area contributed by atoms with Crippen molar-refractivity contribution in [3.63, 3.8) is 0 Å². The van der Waals surface area contributed by atoms with Crippen LogP contribution in [0.4, 0.5) is 0 Å². The molecule has 0 saturated carbocycles. The zero-order valence-corrected chi connectivity index (χ0v) is 10.9. The van der Waals surface area contributed by atoms with Gasteiger partial charge in [-0.1, -0.05) is 13.8 Å². The molecule has 1 rings (SSSR count). The van der Waals surface area contributed by atoms with Crippen molar-refractivity contribution >= 4 is 17.2 Å². The number of nitrogens with one attached hydrogen (secondary N) is 2. The molecule has 1 heterocycles. The van der Waals surface area contributed by atoms with Gasteiger partial charge in [0.1, 0.15) is 0 Å². The van der Waals surface area contributed by atoms with E-state index in [1.54, 1.807) is 11.3 Å². The number of carbonyl (C=O) groups excluding carboxylic acids is 1. The summed E-state index contributed by atoms with van der Waals surface area (Å²) in [6.07, 6.45) is 1.81. The summed E-state index contributed by atoms with van der Waals surface area (Å²) in [5.74, 6) is 0.0981. The van der Waals surface area contributed by atoms with Crippen LogP contribution >= 0.6 is 11.3 Å². The molecule has 0 aliphatic carbocycles. The first-order valence-corrected chi connectivity index (χ1v) is 6.34. The van der Waals surface area contributed by atoms with E-state index in [1.165, 1.54) is 0 Å². The van der Waals surface area contributed by atoms with Gasteiger partial charge in [-0.2, -0.15) is 0 Å². The Hall–Kier alpha value is -0.940. The molecule has 1 amide bonds. The molecule has 16 heavy (non-hydrogen) atoms. The van der Waals surface area contributed by atoms with Crippen LogP contribution in [0.1, 0.15) is 23.7 Å². The third kappa shape index (κ3) is 4.28. The second-order valence-electron chi connectivity index (χ2n) is 3.77. The first-order valence-electron chi connectivity index (χ1n) is 5.53. The number of hydrogen-bond donors (Lipinski definition) is 2. The quantitative estimate of drug-likeness (QED) is 0.789. The molecule has 0 aliphatic heterocycles. The number of aryl methyl sites for hydroxylation is 1. The molecule has 1 unspecified atom stereocenters. The number of nitrogens with zero attached hydrogens (tertiary/aromatic N) is 1. The highest BCUT2D eigenvalue weighted by Crippen LogP contribution is 2.10. The fourth-order valence-electron chi connectivity index (χ4n) is 1.29. The van der Waals surface area contributed by atoms with Crippen molar-refractivity contribution in [2.24, 2.45) is 5.92 Å². The topological polar surface area (TPSA) is 54.0 Å². The second kappa shape index (κ2) is 6.60. The summed E-state index contributed by atoms with van der Waals surface area (Å²) in [6.45, 7) is 8.13. The van der Waals surface area contributed by atoms with Crippen LogP contribution in [0.2, 0.25) is 0 Å². The fraction of sp³-hybridized carbons (Fsp3) is 0.636. The molecule has 0 aliphatic rings. The van der Waals surface area contributed by atoms with Gasteiger partial charge < -0.3 is 10.6 Å². The summed E-state index contributed by atoms with van der Waals surface area (Å²) in [4.78, 5) is 16.9. The maximum atomic E-state index is 11.7. The molecule has 90 valence electrons. The van der Waals surface area contributed by atoms with Crippen LogP contribution in [0, 0.1) is 12.8 Å². The van der Waals surface area contributed by atoms with Gasteiger partial charge in [-0.15, -0.1) is 11.3 Å². The van der Waals surface area contributed by atoms with Gasteiger partial charge in [0.05, 0.1) is 11.6 Å². The van der Waals surface area contributed by atoms with E-state index < -0.39 is 0 Å². The lowest BCUT2D eigenvalue weighted by Crippen LogP contribution is -2.34. The van der Waals surface area contributed by atoms with Crippen molar-refractivity contribution in [1.29, 1.82) is 0 Å². The number of thiazole rings is 1. The molecule has 0 saturated heterocycles. The van der Waals surface area contributed by atoms with Gasteiger partial charge in [0.25, 0.3) is 0 Å². The molecule has 1 atom stereocenters. The highest BCUT2D eigenvalue weighted by molar-refractivity contribution is 7.11. The van der Waals surface area contributed by atoms with E-state index in [9.17, 15) is 4.79 Å². The zero-order valence-electron chi connectivity index (χ0n) is 10.0. The lowest BCUT2D eigenvalue weighted by Gasteiger charge is -2.11. The van der Waals surface area contributed by atoms with Gasteiger partial charge in [0.2, 0.25) is 5.91 Å². The Morgan fingerprint density at radius 1 is 1.62 bits per heavy atom. The zero-order chi connectivity index (χ0) is 12.0. The second-order valence-corrected chi connectivity index (χ2v) is 5.09. The fourth-order valence-corrected chi connectivity index (χ4v) is 2.02. The third-order valence-corrected chi connectivity index (χ3v) is 3.17. The molecule has 1 aromatic heterocycles. The lowest BCUT2D eigenvalue weighted by molar-refractivity contribution is -0.124. The summed E-state index contributed by atoms with van der Waals surface area (Å²) in [6, 6.07) is 0. The molecule has 0 fully saturated rings. The minimum absolute atomic E-state index is 0.00830. The van der Waals surface area contributed by atoms with Crippen LogP contribution in [0.25, 0.3) is 0 Å². The lowest BCUT2D eigenvalue weighted by atomic mass is 10.1. The standard InChI is InChI=1S/C11H19N3OS/c1-4-12-5-8(2)11(15)14-7-10-6-13-9(3)16-10/h6,8,12H,4-5,7H2,1-3H3,(H,14,15). The van der Waals surface area contributed by atoms with E-state index in [4.69, 9.17) is 0 Å². The summed E-state index contributed by atoms with van der Waals surface area (Å²) in [5.41, 5.74) is 0. The SMILES string of the molecule is CCNCC(C)C(=O)NCc1cnc(C)s1. The Morgan fingerprint density at radius 3 is 2.94 bits per heavy atom. The first kappa shape index (κ1) is 13.1. The van der Waals surface area contributed by atoms with Crippen molar-refractivity contribution in [2.45, 2.75) is 27.3 Å². The summed E-state index contributed by atoms with van der Waals surface area (Å²) in [7, 11) is 0. The minimum Gasteiger partial charge on any atom is -0.351 e. The van der Waals surface area contributed by atoms with Crippen molar-refractivity contribution < 1.29 is 4.79 Å². The molecule has 0 aromatic carbocycles. The van der Waals surface area contributed by atoms with Crippen LogP contribution in [0.15, 0.2) is 6.20 Å². The molecule has 5 heteroatoms. The predicted molar refractivity (Wildman–Crippen MR) is 66.4 cm³/mol. The number of rotatable bonds is 6. The van der Waals surface area contributed by atoms with Crippen molar-refractivity contribution in [3.05, 3.63) is 16.1 Å². The van der Waals surface area contributed by atoms with Crippen LogP contribution < -0.4 is 10.6 Å². The van der Waals surface area contributed by atoms with Crippen molar-refractivity contribution in [1.82, 2.24) is 15.6 Å². The summed E-state index contributed by atoms with van der Waals surface area (Å²) in [5, 5.41) is 7.11. The van der Waals surface area contributed by atoms with Crippen molar-refractivity contribution in [3.8, 4) is 0 Å². The largest absolute Gasteiger partial charge is 0.351 e. The van der Waals surface area contributed by atoms with Crippen LogP contribution in [0.5, 0.6) is 0 Å². The Kier molecular flexibility index (Phi) is 5.42. The predicted octanol–water partition coefficient (Wildman–Crippen LogP) is 1.31. The van der Waals surface area contributed by atoms with Crippen LogP contribution in [0.3, 0.4) is 0 Å². The Labute approximate surface area is 100 Å². The van der Waals surface area contributed by atoms with Crippen LogP contribution in [-0.4, -0.2) is 24.0 Å². The molecule has 4 nitrogen and oxygen atoms in total. The minimum atomic E-state index is 0.00830. The maximum absolute atomic E-state index is 11.7. The maximum Gasteiger partial charge on any atom is 0.224 e.